The number of hydrogen-bond acceptors (Lipinski definition) is 4. The molecule has 29 heavy (non-hydrogen) atoms. The first-order valence-corrected chi connectivity index (χ1v) is 9.05. The van der Waals surface area contributed by atoms with Gasteiger partial charge in [-0.1, -0.05) is 30.8 Å². The Hall–Kier alpha value is -3.61. The van der Waals surface area contributed by atoms with Crippen LogP contribution in [0.5, 0.6) is 5.75 Å². The standard InChI is InChI=1S/C22H22N2O5/c1-14(2)13-29-18-9-7-17(8-10-18)22(3)20(27)24(21(28)23-22)12-15-5-4-6-16(11-15)19(25)26/h4-11H,1,12-13H2,2-3H3,(H,23,28)(H,25,26). The molecule has 1 heterocycles. The first-order chi connectivity index (χ1) is 13.7. The molecule has 3 amide bonds. The predicted molar refractivity (Wildman–Crippen MR) is 107 cm³/mol. The fraction of sp³-hybridized carbons (Fsp3) is 0.227. The molecule has 3 rings (SSSR count). The number of carbonyl (C=O) groups excluding carboxylic acids is 2. The molecule has 2 N–H and O–H groups in total. The van der Waals surface area contributed by atoms with Crippen LogP contribution in [0.4, 0.5) is 4.79 Å². The number of aromatic carboxylic acids is 1. The Kier molecular flexibility index (Phi) is 5.41. The summed E-state index contributed by atoms with van der Waals surface area (Å²) < 4.78 is 5.57. The number of carbonyl (C=O) groups is 3. The van der Waals surface area contributed by atoms with Crippen molar-refractivity contribution in [2.45, 2.75) is 25.9 Å². The van der Waals surface area contributed by atoms with Crippen molar-refractivity contribution in [3.8, 4) is 5.75 Å². The number of carboxylic acid groups (broad SMARTS) is 1. The first kappa shape index (κ1) is 20.1. The highest BCUT2D eigenvalue weighted by molar-refractivity contribution is 6.07. The number of carboxylic acids is 1. The van der Waals surface area contributed by atoms with Crippen LogP contribution in [0, 0.1) is 0 Å². The number of nitrogens with one attached hydrogen (secondary N) is 1. The lowest BCUT2D eigenvalue weighted by atomic mass is 9.92. The third-order valence-corrected chi connectivity index (χ3v) is 4.71. The second-order valence-electron chi connectivity index (χ2n) is 7.22. The van der Waals surface area contributed by atoms with Crippen LogP contribution in [0.1, 0.15) is 35.3 Å². The summed E-state index contributed by atoms with van der Waals surface area (Å²) in [5, 5.41) is 11.9. The molecule has 2 aromatic carbocycles. The summed E-state index contributed by atoms with van der Waals surface area (Å²) in [5.74, 6) is -0.832. The smallest absolute Gasteiger partial charge is 0.335 e. The number of imide groups is 1. The maximum absolute atomic E-state index is 13.0. The molecular formula is C22H22N2O5. The van der Waals surface area contributed by atoms with Crippen LogP contribution in [0.15, 0.2) is 60.7 Å². The van der Waals surface area contributed by atoms with Crippen LogP contribution in [-0.2, 0) is 16.9 Å². The maximum Gasteiger partial charge on any atom is 0.335 e. The molecule has 1 atom stereocenters. The lowest BCUT2D eigenvalue weighted by Gasteiger charge is -2.22. The van der Waals surface area contributed by atoms with E-state index in [2.05, 4.69) is 11.9 Å². The Morgan fingerprint density at radius 1 is 1.21 bits per heavy atom. The number of benzene rings is 2. The maximum atomic E-state index is 13.0. The van der Waals surface area contributed by atoms with Crippen molar-refractivity contribution in [1.82, 2.24) is 10.2 Å². The summed E-state index contributed by atoms with van der Waals surface area (Å²) in [7, 11) is 0. The molecule has 0 aliphatic carbocycles. The molecule has 0 radical (unpaired) electrons. The minimum Gasteiger partial charge on any atom is -0.489 e. The molecule has 7 heteroatoms. The molecule has 1 aliphatic heterocycles. The fourth-order valence-corrected chi connectivity index (χ4v) is 3.11. The predicted octanol–water partition coefficient (Wildman–Crippen LogP) is 3.31. The molecular weight excluding hydrogens is 372 g/mol. The van der Waals surface area contributed by atoms with Crippen LogP contribution in [0.2, 0.25) is 0 Å². The van der Waals surface area contributed by atoms with Crippen molar-refractivity contribution in [2.24, 2.45) is 0 Å². The molecule has 7 nitrogen and oxygen atoms in total. The second kappa shape index (κ2) is 7.79. The molecule has 1 fully saturated rings. The SMILES string of the molecule is C=C(C)COc1ccc(C2(C)NC(=O)N(Cc3cccc(C(=O)O)c3)C2=O)cc1. The van der Waals surface area contributed by atoms with Gasteiger partial charge in [-0.3, -0.25) is 9.69 Å². The molecule has 0 aromatic heterocycles. The van der Waals surface area contributed by atoms with E-state index in [1.165, 1.54) is 12.1 Å². The van der Waals surface area contributed by atoms with E-state index in [1.54, 1.807) is 43.3 Å². The Balaban J connectivity index is 1.79. The van der Waals surface area contributed by atoms with E-state index in [0.29, 0.717) is 23.5 Å². The van der Waals surface area contributed by atoms with Gasteiger partial charge in [0.15, 0.2) is 0 Å². The molecule has 150 valence electrons. The Morgan fingerprint density at radius 3 is 2.52 bits per heavy atom. The summed E-state index contributed by atoms with van der Waals surface area (Å²) in [6.07, 6.45) is 0. The van der Waals surface area contributed by atoms with Crippen molar-refractivity contribution < 1.29 is 24.2 Å². The number of rotatable bonds is 7. The normalized spacial score (nSPS) is 18.5. The molecule has 0 bridgehead atoms. The Morgan fingerprint density at radius 2 is 1.90 bits per heavy atom. The van der Waals surface area contributed by atoms with E-state index in [0.717, 1.165) is 10.5 Å². The van der Waals surface area contributed by atoms with Gasteiger partial charge in [0.25, 0.3) is 5.91 Å². The summed E-state index contributed by atoms with van der Waals surface area (Å²) in [4.78, 5) is 37.8. The van der Waals surface area contributed by atoms with Crippen molar-refractivity contribution in [3.63, 3.8) is 0 Å². The number of amides is 3. The van der Waals surface area contributed by atoms with Crippen molar-refractivity contribution >= 4 is 17.9 Å². The topological polar surface area (TPSA) is 95.9 Å². The molecule has 1 aliphatic rings. The molecule has 0 saturated carbocycles. The zero-order valence-corrected chi connectivity index (χ0v) is 16.3. The lowest BCUT2D eigenvalue weighted by Crippen LogP contribution is -2.40. The molecule has 2 aromatic rings. The highest BCUT2D eigenvalue weighted by Gasteiger charge is 2.48. The lowest BCUT2D eigenvalue weighted by molar-refractivity contribution is -0.131. The zero-order chi connectivity index (χ0) is 21.2. The molecule has 0 spiro atoms. The van der Waals surface area contributed by atoms with Gasteiger partial charge in [0.1, 0.15) is 17.9 Å². The van der Waals surface area contributed by atoms with Crippen LogP contribution in [0.25, 0.3) is 0 Å². The van der Waals surface area contributed by atoms with E-state index in [-0.39, 0.29) is 12.1 Å². The summed E-state index contributed by atoms with van der Waals surface area (Å²) in [5.41, 5.74) is 0.958. The van der Waals surface area contributed by atoms with Crippen molar-refractivity contribution in [2.75, 3.05) is 6.61 Å². The van der Waals surface area contributed by atoms with E-state index in [9.17, 15) is 14.4 Å². The average molecular weight is 394 g/mol. The van der Waals surface area contributed by atoms with Gasteiger partial charge >= 0.3 is 12.0 Å². The van der Waals surface area contributed by atoms with Crippen LogP contribution in [0.3, 0.4) is 0 Å². The summed E-state index contributed by atoms with van der Waals surface area (Å²) >= 11 is 0. The Labute approximate surface area is 168 Å². The Bertz CT molecular complexity index is 983. The summed E-state index contributed by atoms with van der Waals surface area (Å²) in [6.45, 7) is 7.68. The van der Waals surface area contributed by atoms with E-state index >= 15 is 0 Å². The zero-order valence-electron chi connectivity index (χ0n) is 16.3. The van der Waals surface area contributed by atoms with Crippen LogP contribution < -0.4 is 10.1 Å². The third-order valence-electron chi connectivity index (χ3n) is 4.71. The fourth-order valence-electron chi connectivity index (χ4n) is 3.11. The van der Waals surface area contributed by atoms with Gasteiger partial charge in [0.05, 0.1) is 12.1 Å². The van der Waals surface area contributed by atoms with Crippen LogP contribution in [-0.4, -0.2) is 34.5 Å². The molecule has 1 saturated heterocycles. The van der Waals surface area contributed by atoms with Gasteiger partial charge in [-0.05, 0) is 54.8 Å². The van der Waals surface area contributed by atoms with E-state index in [4.69, 9.17) is 9.84 Å². The quantitative estimate of drug-likeness (QED) is 0.555. The average Bonchev–Trinajstić information content (AvgIpc) is 2.91. The van der Waals surface area contributed by atoms with E-state index in [1.807, 2.05) is 6.92 Å². The van der Waals surface area contributed by atoms with Gasteiger partial charge in [-0.2, -0.15) is 0 Å². The van der Waals surface area contributed by atoms with E-state index < -0.39 is 23.4 Å². The minimum absolute atomic E-state index is 0.0127. The molecule has 1 unspecified atom stereocenters. The number of nitrogens with zero attached hydrogens (tertiary/aromatic N) is 1. The monoisotopic (exact) mass is 394 g/mol. The third kappa shape index (κ3) is 4.13. The van der Waals surface area contributed by atoms with Crippen molar-refractivity contribution in [3.05, 3.63) is 77.4 Å². The van der Waals surface area contributed by atoms with Gasteiger partial charge in [-0.15, -0.1) is 0 Å². The van der Waals surface area contributed by atoms with Gasteiger partial charge in [0.2, 0.25) is 0 Å². The van der Waals surface area contributed by atoms with Crippen molar-refractivity contribution in [1.29, 1.82) is 0 Å². The first-order valence-electron chi connectivity index (χ1n) is 9.05. The van der Waals surface area contributed by atoms with Crippen LogP contribution >= 0.6 is 0 Å². The number of urea groups is 1. The van der Waals surface area contributed by atoms with Gasteiger partial charge < -0.3 is 15.2 Å². The van der Waals surface area contributed by atoms with Gasteiger partial charge in [0, 0.05) is 0 Å². The second-order valence-corrected chi connectivity index (χ2v) is 7.22. The minimum atomic E-state index is -1.21. The number of ether oxygens (including phenoxy) is 1. The highest BCUT2D eigenvalue weighted by Crippen LogP contribution is 2.31. The van der Waals surface area contributed by atoms with Gasteiger partial charge in [-0.25, -0.2) is 9.59 Å². The summed E-state index contributed by atoms with van der Waals surface area (Å²) in [6, 6.07) is 12.6. The largest absolute Gasteiger partial charge is 0.489 e. The highest BCUT2D eigenvalue weighted by atomic mass is 16.5. The number of hydrogen-bond donors (Lipinski definition) is 2.